The molecule has 2 aliphatic carbocycles. The van der Waals surface area contributed by atoms with Crippen molar-refractivity contribution in [1.29, 1.82) is 5.41 Å². The summed E-state index contributed by atoms with van der Waals surface area (Å²) in [4.78, 5) is 0. The first kappa shape index (κ1) is 12.2. The van der Waals surface area contributed by atoms with Crippen LogP contribution in [0.2, 0.25) is 0 Å². The highest BCUT2D eigenvalue weighted by molar-refractivity contribution is 5.96. The van der Waals surface area contributed by atoms with E-state index in [-0.39, 0.29) is 24.8 Å². The lowest BCUT2D eigenvalue weighted by Gasteiger charge is -1.93. The van der Waals surface area contributed by atoms with Crippen LogP contribution in [0.25, 0.3) is 0 Å². The minimum absolute atomic E-state index is 0. The van der Waals surface area contributed by atoms with E-state index in [4.69, 9.17) is 5.41 Å². The Kier molecular flexibility index (Phi) is 4.74. The van der Waals surface area contributed by atoms with Gasteiger partial charge in [0.15, 0.2) is 0 Å². The molecule has 0 saturated carbocycles. The van der Waals surface area contributed by atoms with E-state index in [1.54, 1.807) is 0 Å². The summed E-state index contributed by atoms with van der Waals surface area (Å²) in [5.74, 6) is 0. The minimum atomic E-state index is 0. The highest BCUT2D eigenvalue weighted by Gasteiger charge is 2.06. The van der Waals surface area contributed by atoms with Crippen LogP contribution in [-0.2, 0) is 0 Å². The van der Waals surface area contributed by atoms with Gasteiger partial charge in [-0.1, -0.05) is 30.4 Å². The van der Waals surface area contributed by atoms with E-state index in [1.807, 2.05) is 24.3 Å². The smallest absolute Gasteiger partial charge is 0.0357 e. The maximum Gasteiger partial charge on any atom is 0.0357 e. The molecule has 1 nitrogen and oxygen atoms in total. The Morgan fingerprint density at radius 3 is 2.62 bits per heavy atom. The Labute approximate surface area is 90.2 Å². The second-order valence-corrected chi connectivity index (χ2v) is 2.71. The Bertz CT molecular complexity index is 322. The fourth-order valence-corrected chi connectivity index (χ4v) is 1.29. The Morgan fingerprint density at radius 1 is 1.08 bits per heavy atom. The van der Waals surface area contributed by atoms with E-state index >= 15 is 0 Å². The summed E-state index contributed by atoms with van der Waals surface area (Å²) < 4.78 is 0. The van der Waals surface area contributed by atoms with Gasteiger partial charge >= 0.3 is 0 Å². The molecule has 13 heavy (non-hydrogen) atoms. The van der Waals surface area contributed by atoms with Gasteiger partial charge in [0.25, 0.3) is 0 Å². The first-order valence-corrected chi connectivity index (χ1v) is 3.71. The Morgan fingerprint density at radius 2 is 1.85 bits per heavy atom. The Balaban J connectivity index is 0.000000720. The van der Waals surface area contributed by atoms with E-state index < -0.39 is 0 Å². The summed E-state index contributed by atoms with van der Waals surface area (Å²) in [5, 5.41) is 7.49. The van der Waals surface area contributed by atoms with Gasteiger partial charge in [-0.05, 0) is 17.2 Å². The standard InChI is InChI=1S/C10H9N.2ClH/c11-10-6-2-4-8-3-1-5-9(8)7-10;;/h1-5,7,11H,6H2;2*1H. The SMILES string of the molecule is Cl.Cl.N=C1C=C2C=CC=C2C=CC1. The quantitative estimate of drug-likeness (QED) is 0.642. The van der Waals surface area contributed by atoms with Gasteiger partial charge in [0.05, 0.1) is 0 Å². The number of rotatable bonds is 0. The molecular formula is C10H11Cl2N. The molecule has 2 rings (SSSR count). The molecule has 0 unspecified atom stereocenters. The zero-order valence-corrected chi connectivity index (χ0v) is 8.62. The van der Waals surface area contributed by atoms with E-state index in [1.165, 1.54) is 11.1 Å². The van der Waals surface area contributed by atoms with Gasteiger partial charge in [0.1, 0.15) is 0 Å². The van der Waals surface area contributed by atoms with E-state index in [0.717, 1.165) is 6.42 Å². The highest BCUT2D eigenvalue weighted by Crippen LogP contribution is 2.22. The zero-order valence-electron chi connectivity index (χ0n) is 6.99. The largest absolute Gasteiger partial charge is 0.305 e. The molecule has 0 aromatic heterocycles. The van der Waals surface area contributed by atoms with Crippen LogP contribution in [-0.4, -0.2) is 5.71 Å². The molecule has 2 aliphatic rings. The number of hydrogen-bond donors (Lipinski definition) is 1. The van der Waals surface area contributed by atoms with Crippen LogP contribution in [0.5, 0.6) is 0 Å². The lowest BCUT2D eigenvalue weighted by atomic mass is 10.1. The molecule has 0 atom stereocenters. The average Bonchev–Trinajstić information content (AvgIpc) is 2.31. The van der Waals surface area contributed by atoms with Gasteiger partial charge in [-0.25, -0.2) is 0 Å². The van der Waals surface area contributed by atoms with Crippen molar-refractivity contribution in [3.05, 3.63) is 47.6 Å². The predicted octanol–water partition coefficient (Wildman–Crippen LogP) is 3.23. The van der Waals surface area contributed by atoms with Crippen LogP contribution < -0.4 is 0 Å². The van der Waals surface area contributed by atoms with Gasteiger partial charge in [0, 0.05) is 12.1 Å². The van der Waals surface area contributed by atoms with E-state index in [9.17, 15) is 0 Å². The first-order chi connectivity index (χ1) is 5.36. The van der Waals surface area contributed by atoms with Crippen LogP contribution in [0.3, 0.4) is 0 Å². The molecule has 70 valence electrons. The van der Waals surface area contributed by atoms with Gasteiger partial charge in [-0.2, -0.15) is 0 Å². The average molecular weight is 216 g/mol. The number of fused-ring (bicyclic) bond motifs is 1. The van der Waals surface area contributed by atoms with Crippen molar-refractivity contribution in [3.63, 3.8) is 0 Å². The van der Waals surface area contributed by atoms with Gasteiger partial charge < -0.3 is 5.41 Å². The van der Waals surface area contributed by atoms with Crippen molar-refractivity contribution in [2.24, 2.45) is 0 Å². The van der Waals surface area contributed by atoms with E-state index in [2.05, 4.69) is 12.2 Å². The fraction of sp³-hybridized carbons (Fsp3) is 0.100. The molecule has 0 bridgehead atoms. The number of hydrogen-bond acceptors (Lipinski definition) is 1. The number of allylic oxidation sites excluding steroid dienone is 8. The fourth-order valence-electron chi connectivity index (χ4n) is 1.29. The summed E-state index contributed by atoms with van der Waals surface area (Å²) in [6.45, 7) is 0. The van der Waals surface area contributed by atoms with Crippen LogP contribution >= 0.6 is 24.8 Å². The minimum Gasteiger partial charge on any atom is -0.305 e. The van der Waals surface area contributed by atoms with Gasteiger partial charge in [0.2, 0.25) is 0 Å². The molecule has 0 fully saturated rings. The molecule has 0 aromatic rings. The molecule has 0 saturated heterocycles. The summed E-state index contributed by atoms with van der Waals surface area (Å²) in [6.07, 6.45) is 12.9. The number of nitrogens with one attached hydrogen (secondary N) is 1. The summed E-state index contributed by atoms with van der Waals surface area (Å²) >= 11 is 0. The first-order valence-electron chi connectivity index (χ1n) is 3.71. The summed E-state index contributed by atoms with van der Waals surface area (Å²) in [5.41, 5.74) is 3.09. The maximum absolute atomic E-state index is 7.49. The molecule has 0 radical (unpaired) electrons. The van der Waals surface area contributed by atoms with Gasteiger partial charge in [-0.3, -0.25) is 0 Å². The third-order valence-electron chi connectivity index (χ3n) is 1.85. The second-order valence-electron chi connectivity index (χ2n) is 2.71. The van der Waals surface area contributed by atoms with Crippen LogP contribution in [0.4, 0.5) is 0 Å². The van der Waals surface area contributed by atoms with Crippen LogP contribution in [0.15, 0.2) is 47.6 Å². The second kappa shape index (κ2) is 5.05. The van der Waals surface area contributed by atoms with Crippen LogP contribution in [0, 0.1) is 5.41 Å². The molecular weight excluding hydrogens is 205 g/mol. The number of halogens is 2. The lowest BCUT2D eigenvalue weighted by Crippen LogP contribution is -1.87. The highest BCUT2D eigenvalue weighted by atomic mass is 35.5. The molecule has 0 amide bonds. The molecule has 0 spiro atoms. The van der Waals surface area contributed by atoms with Crippen molar-refractivity contribution in [2.75, 3.05) is 0 Å². The third kappa shape index (κ3) is 2.58. The van der Waals surface area contributed by atoms with Crippen molar-refractivity contribution < 1.29 is 0 Å². The van der Waals surface area contributed by atoms with Crippen molar-refractivity contribution in [3.8, 4) is 0 Å². The topological polar surface area (TPSA) is 23.9 Å². The maximum atomic E-state index is 7.49. The molecule has 3 heteroatoms. The predicted molar refractivity (Wildman–Crippen MR) is 61.3 cm³/mol. The van der Waals surface area contributed by atoms with E-state index in [0.29, 0.717) is 5.71 Å². The molecule has 0 aliphatic heterocycles. The van der Waals surface area contributed by atoms with Crippen molar-refractivity contribution in [1.82, 2.24) is 0 Å². The zero-order chi connectivity index (χ0) is 7.68. The molecule has 1 N–H and O–H groups in total. The van der Waals surface area contributed by atoms with Crippen molar-refractivity contribution in [2.45, 2.75) is 6.42 Å². The molecule has 0 aromatic carbocycles. The molecule has 0 heterocycles. The summed E-state index contributed by atoms with van der Waals surface area (Å²) in [7, 11) is 0. The van der Waals surface area contributed by atoms with Crippen molar-refractivity contribution >= 4 is 30.5 Å². The monoisotopic (exact) mass is 215 g/mol. The summed E-state index contributed by atoms with van der Waals surface area (Å²) in [6, 6.07) is 0. The van der Waals surface area contributed by atoms with Gasteiger partial charge in [-0.15, -0.1) is 24.8 Å². The third-order valence-corrected chi connectivity index (χ3v) is 1.85. The normalized spacial score (nSPS) is 17.7. The van der Waals surface area contributed by atoms with Crippen LogP contribution in [0.1, 0.15) is 6.42 Å². The Hall–Kier alpha value is -0.790. The lowest BCUT2D eigenvalue weighted by molar-refractivity contribution is 1.39.